The standard InChI is InChI=1S/C34H34FN5O7/c1-34(2,3)47-33(43)40(4)14-13-30(41)37-23-9-6-8-21(16-23)25-18-27(24-12-11-22(35)17-29(24)46-20-44-5)38-31(26(25)19-36)39-32(42)28-10-7-15-45-28/h6-12,15-18H,13-14,20H2,1-5H3,(H,37,41)(H,38,39,42). The fraction of sp³-hybridized carbons (Fsp3) is 0.265. The molecule has 2 heterocycles. The van der Waals surface area contributed by atoms with Gasteiger partial charge in [-0.2, -0.15) is 5.26 Å². The zero-order valence-electron chi connectivity index (χ0n) is 26.5. The monoisotopic (exact) mass is 643 g/mol. The average Bonchev–Trinajstić information content (AvgIpc) is 3.57. The topological polar surface area (TPSA) is 156 Å². The number of methoxy groups -OCH3 is 1. The van der Waals surface area contributed by atoms with Gasteiger partial charge >= 0.3 is 6.09 Å². The molecule has 0 radical (unpaired) electrons. The van der Waals surface area contributed by atoms with Gasteiger partial charge in [-0.25, -0.2) is 14.2 Å². The molecule has 0 aliphatic carbocycles. The molecule has 2 aromatic carbocycles. The minimum absolute atomic E-state index is 0.000593. The Bertz CT molecular complexity index is 1800. The number of nitrogens with one attached hydrogen (secondary N) is 2. The summed E-state index contributed by atoms with van der Waals surface area (Å²) >= 11 is 0. The van der Waals surface area contributed by atoms with Crippen molar-refractivity contribution in [3.63, 3.8) is 0 Å². The van der Waals surface area contributed by atoms with Gasteiger partial charge in [0.2, 0.25) is 5.91 Å². The summed E-state index contributed by atoms with van der Waals surface area (Å²) in [5, 5.41) is 15.7. The maximum absolute atomic E-state index is 14.2. The quantitative estimate of drug-likeness (QED) is 0.175. The highest BCUT2D eigenvalue weighted by Crippen LogP contribution is 2.37. The zero-order valence-corrected chi connectivity index (χ0v) is 26.5. The Morgan fingerprint density at radius 1 is 1.04 bits per heavy atom. The summed E-state index contributed by atoms with van der Waals surface area (Å²) in [5.41, 5.74) is 1.25. The molecule has 2 aromatic heterocycles. The molecule has 0 unspecified atom stereocenters. The molecule has 244 valence electrons. The summed E-state index contributed by atoms with van der Waals surface area (Å²) in [6, 6.07) is 17.3. The van der Waals surface area contributed by atoms with Gasteiger partial charge in [-0.3, -0.25) is 9.59 Å². The Morgan fingerprint density at radius 3 is 2.51 bits per heavy atom. The van der Waals surface area contributed by atoms with Crippen molar-refractivity contribution in [2.24, 2.45) is 0 Å². The van der Waals surface area contributed by atoms with E-state index in [-0.39, 0.29) is 54.3 Å². The lowest BCUT2D eigenvalue weighted by Gasteiger charge is -2.24. The highest BCUT2D eigenvalue weighted by molar-refractivity contribution is 6.03. The number of carbonyl (C=O) groups is 3. The molecule has 47 heavy (non-hydrogen) atoms. The molecule has 4 aromatic rings. The highest BCUT2D eigenvalue weighted by atomic mass is 19.1. The van der Waals surface area contributed by atoms with Crippen LogP contribution < -0.4 is 15.4 Å². The number of hydrogen-bond acceptors (Lipinski definition) is 9. The zero-order chi connectivity index (χ0) is 34.1. The van der Waals surface area contributed by atoms with Crippen LogP contribution in [0.2, 0.25) is 0 Å². The van der Waals surface area contributed by atoms with Crippen molar-refractivity contribution in [1.82, 2.24) is 9.88 Å². The van der Waals surface area contributed by atoms with E-state index in [0.717, 1.165) is 0 Å². The molecule has 0 bridgehead atoms. The summed E-state index contributed by atoms with van der Waals surface area (Å²) in [6.45, 7) is 5.22. The second-order valence-corrected chi connectivity index (χ2v) is 11.3. The van der Waals surface area contributed by atoms with E-state index in [1.165, 1.54) is 42.5 Å². The van der Waals surface area contributed by atoms with Gasteiger partial charge in [0.25, 0.3) is 5.91 Å². The molecule has 4 rings (SSSR count). The molecule has 0 aliphatic rings. The van der Waals surface area contributed by atoms with E-state index >= 15 is 0 Å². The molecule has 0 spiro atoms. The van der Waals surface area contributed by atoms with E-state index in [4.69, 9.17) is 18.6 Å². The number of amides is 3. The van der Waals surface area contributed by atoms with Gasteiger partial charge in [0.15, 0.2) is 18.4 Å². The van der Waals surface area contributed by atoms with Crippen molar-refractivity contribution in [3.8, 4) is 34.2 Å². The van der Waals surface area contributed by atoms with Crippen LogP contribution in [0.1, 0.15) is 43.3 Å². The number of pyridine rings is 1. The lowest BCUT2D eigenvalue weighted by Crippen LogP contribution is -2.35. The van der Waals surface area contributed by atoms with Crippen LogP contribution in [0.25, 0.3) is 22.4 Å². The van der Waals surface area contributed by atoms with Crippen LogP contribution in [0.5, 0.6) is 5.75 Å². The molecule has 0 atom stereocenters. The summed E-state index contributed by atoms with van der Waals surface area (Å²) in [5.74, 6) is -1.52. The van der Waals surface area contributed by atoms with Crippen molar-refractivity contribution in [1.29, 1.82) is 5.26 Å². The number of benzene rings is 2. The fourth-order valence-corrected chi connectivity index (χ4v) is 4.33. The highest BCUT2D eigenvalue weighted by Gasteiger charge is 2.22. The SMILES string of the molecule is COCOc1cc(F)ccc1-c1cc(-c2cccc(NC(=O)CCN(C)C(=O)OC(C)(C)C)c2)c(C#N)c(NC(=O)c2ccco2)n1. The van der Waals surface area contributed by atoms with Crippen LogP contribution in [-0.4, -0.2) is 60.9 Å². The Morgan fingerprint density at radius 2 is 1.83 bits per heavy atom. The molecule has 3 amide bonds. The van der Waals surface area contributed by atoms with E-state index in [1.54, 1.807) is 64.2 Å². The Balaban J connectivity index is 1.69. The number of furan rings is 1. The van der Waals surface area contributed by atoms with Crippen molar-refractivity contribution >= 4 is 29.4 Å². The van der Waals surface area contributed by atoms with Crippen LogP contribution in [-0.2, 0) is 14.3 Å². The number of nitriles is 1. The van der Waals surface area contributed by atoms with Crippen LogP contribution >= 0.6 is 0 Å². The van der Waals surface area contributed by atoms with E-state index < -0.39 is 23.4 Å². The van der Waals surface area contributed by atoms with Crippen LogP contribution in [0.4, 0.5) is 20.7 Å². The number of anilines is 2. The van der Waals surface area contributed by atoms with Crippen LogP contribution in [0, 0.1) is 17.1 Å². The molecule has 13 heteroatoms. The number of nitrogens with zero attached hydrogens (tertiary/aromatic N) is 3. The van der Waals surface area contributed by atoms with Gasteiger partial charge in [0.05, 0.1) is 12.0 Å². The van der Waals surface area contributed by atoms with E-state index in [0.29, 0.717) is 22.4 Å². The molecular weight excluding hydrogens is 609 g/mol. The predicted molar refractivity (Wildman–Crippen MR) is 171 cm³/mol. The number of ether oxygens (including phenoxy) is 3. The van der Waals surface area contributed by atoms with Crippen molar-refractivity contribution in [2.45, 2.75) is 32.8 Å². The van der Waals surface area contributed by atoms with E-state index in [1.807, 2.05) is 0 Å². The van der Waals surface area contributed by atoms with Crippen LogP contribution in [0.3, 0.4) is 0 Å². The third kappa shape index (κ3) is 9.15. The van der Waals surface area contributed by atoms with Gasteiger partial charge in [-0.1, -0.05) is 12.1 Å². The largest absolute Gasteiger partial charge is 0.467 e. The maximum Gasteiger partial charge on any atom is 0.410 e. The molecule has 0 fully saturated rings. The van der Waals surface area contributed by atoms with E-state index in [2.05, 4.69) is 21.7 Å². The number of rotatable bonds is 11. The lowest BCUT2D eigenvalue weighted by molar-refractivity contribution is -0.116. The summed E-state index contributed by atoms with van der Waals surface area (Å²) in [4.78, 5) is 43.9. The summed E-state index contributed by atoms with van der Waals surface area (Å²) in [6.07, 6.45) is 0.792. The lowest BCUT2D eigenvalue weighted by atomic mass is 9.97. The third-order valence-electron chi connectivity index (χ3n) is 6.50. The first-order valence-electron chi connectivity index (χ1n) is 14.4. The maximum atomic E-state index is 14.2. The minimum atomic E-state index is -0.667. The summed E-state index contributed by atoms with van der Waals surface area (Å²) in [7, 11) is 2.96. The first-order chi connectivity index (χ1) is 22.4. The summed E-state index contributed by atoms with van der Waals surface area (Å²) < 4.78 is 35.3. The van der Waals surface area contributed by atoms with Crippen molar-refractivity contribution < 1.29 is 37.4 Å². The molecule has 0 saturated carbocycles. The number of hydrogen-bond donors (Lipinski definition) is 2. The van der Waals surface area contributed by atoms with Crippen molar-refractivity contribution in [2.75, 3.05) is 38.1 Å². The average molecular weight is 644 g/mol. The van der Waals surface area contributed by atoms with Gasteiger partial charge in [0, 0.05) is 50.0 Å². The minimum Gasteiger partial charge on any atom is -0.467 e. The third-order valence-corrected chi connectivity index (χ3v) is 6.50. The van der Waals surface area contributed by atoms with Gasteiger partial charge < -0.3 is 34.2 Å². The first-order valence-corrected chi connectivity index (χ1v) is 14.4. The fourth-order valence-electron chi connectivity index (χ4n) is 4.33. The number of aromatic nitrogens is 1. The molecule has 2 N–H and O–H groups in total. The second kappa shape index (κ2) is 15.0. The Kier molecular flexibility index (Phi) is 10.9. The van der Waals surface area contributed by atoms with Gasteiger partial charge in [-0.15, -0.1) is 0 Å². The molecule has 12 nitrogen and oxygen atoms in total. The smallest absolute Gasteiger partial charge is 0.410 e. The number of carbonyl (C=O) groups excluding carboxylic acids is 3. The molecule has 0 aliphatic heterocycles. The van der Waals surface area contributed by atoms with Crippen molar-refractivity contribution in [3.05, 3.63) is 84.1 Å². The van der Waals surface area contributed by atoms with E-state index in [9.17, 15) is 24.0 Å². The Hall–Kier alpha value is -5.74. The normalized spacial score (nSPS) is 10.9. The second-order valence-electron chi connectivity index (χ2n) is 11.3. The Labute approximate surface area is 271 Å². The molecule has 0 saturated heterocycles. The first kappa shape index (κ1) is 34.1. The number of halogens is 1. The predicted octanol–water partition coefficient (Wildman–Crippen LogP) is 6.45. The van der Waals surface area contributed by atoms with Gasteiger partial charge in [0.1, 0.15) is 28.8 Å². The van der Waals surface area contributed by atoms with Crippen LogP contribution in [0.15, 0.2) is 71.3 Å². The van der Waals surface area contributed by atoms with Gasteiger partial charge in [-0.05, 0) is 68.8 Å². The molecular formula is C34H34FN5O7.